The summed E-state index contributed by atoms with van der Waals surface area (Å²) in [5.41, 5.74) is 12.0. The zero-order chi connectivity index (χ0) is 37.0. The molecule has 56 heavy (non-hydrogen) atoms. The van der Waals surface area contributed by atoms with Crippen molar-refractivity contribution in [2.75, 3.05) is 4.90 Å². The highest BCUT2D eigenvalue weighted by Gasteiger charge is 2.23. The van der Waals surface area contributed by atoms with Crippen molar-refractivity contribution in [3.63, 3.8) is 0 Å². The number of anilines is 3. The second kappa shape index (κ2) is 13.2. The Hall–Kier alpha value is -7.42. The molecular formula is C54H35NO. The van der Waals surface area contributed by atoms with Gasteiger partial charge < -0.3 is 9.32 Å². The number of fused-ring (bicyclic) bond motifs is 8. The molecule has 0 aliphatic rings. The maximum absolute atomic E-state index is 6.73. The van der Waals surface area contributed by atoms with Gasteiger partial charge in [-0.05, 0) is 103 Å². The van der Waals surface area contributed by atoms with Gasteiger partial charge in [0.05, 0.1) is 16.8 Å². The van der Waals surface area contributed by atoms with Gasteiger partial charge in [-0.2, -0.15) is 0 Å². The van der Waals surface area contributed by atoms with Crippen LogP contribution in [-0.2, 0) is 0 Å². The Labute approximate surface area is 325 Å². The van der Waals surface area contributed by atoms with Gasteiger partial charge >= 0.3 is 0 Å². The van der Waals surface area contributed by atoms with E-state index in [0.717, 1.165) is 60.9 Å². The van der Waals surface area contributed by atoms with Crippen LogP contribution >= 0.6 is 0 Å². The molecule has 0 spiro atoms. The average molecular weight is 714 g/mol. The van der Waals surface area contributed by atoms with Crippen molar-refractivity contribution in [2.24, 2.45) is 0 Å². The normalized spacial score (nSPS) is 11.6. The average Bonchev–Trinajstić information content (AvgIpc) is 3.67. The summed E-state index contributed by atoms with van der Waals surface area (Å²) in [5, 5.41) is 9.52. The predicted octanol–water partition coefficient (Wildman–Crippen LogP) is 15.5. The van der Waals surface area contributed by atoms with Crippen LogP contribution in [0.25, 0.3) is 87.6 Å². The topological polar surface area (TPSA) is 16.4 Å². The van der Waals surface area contributed by atoms with Gasteiger partial charge in [0.2, 0.25) is 0 Å². The van der Waals surface area contributed by atoms with E-state index in [1.807, 2.05) is 0 Å². The number of hydrogen-bond acceptors (Lipinski definition) is 2. The molecule has 0 bridgehead atoms. The maximum atomic E-state index is 6.73. The summed E-state index contributed by atoms with van der Waals surface area (Å²) in [6.45, 7) is 0. The van der Waals surface area contributed by atoms with Gasteiger partial charge in [0.1, 0.15) is 11.2 Å². The van der Waals surface area contributed by atoms with Crippen LogP contribution in [0.3, 0.4) is 0 Å². The van der Waals surface area contributed by atoms with Gasteiger partial charge in [-0.15, -0.1) is 0 Å². The molecule has 11 aromatic rings. The largest absolute Gasteiger partial charge is 0.455 e. The van der Waals surface area contributed by atoms with Gasteiger partial charge in [-0.25, -0.2) is 0 Å². The molecular weight excluding hydrogens is 679 g/mol. The lowest BCUT2D eigenvalue weighted by Gasteiger charge is -2.29. The molecule has 0 unspecified atom stereocenters. The molecule has 0 fully saturated rings. The van der Waals surface area contributed by atoms with Crippen LogP contribution in [0.1, 0.15) is 0 Å². The first kappa shape index (κ1) is 32.0. The van der Waals surface area contributed by atoms with Gasteiger partial charge in [0, 0.05) is 22.0 Å². The van der Waals surface area contributed by atoms with Gasteiger partial charge in [-0.1, -0.05) is 164 Å². The SMILES string of the molecule is c1ccc(-c2ccc(N(c3ccc(-c4ccc5c(ccc6ccccc65)c4)cc3)c3cccc4oc5c6ccccc6ccc5c34)c(-c3ccccc3)c2)cc1. The molecule has 0 N–H and O–H groups in total. The first-order chi connectivity index (χ1) is 27.8. The molecule has 1 heterocycles. The smallest absolute Gasteiger partial charge is 0.143 e. The Bertz CT molecular complexity index is 3230. The van der Waals surface area contributed by atoms with Crippen molar-refractivity contribution in [1.29, 1.82) is 0 Å². The van der Waals surface area contributed by atoms with Crippen LogP contribution in [0.15, 0.2) is 217 Å². The zero-order valence-corrected chi connectivity index (χ0v) is 30.6. The minimum atomic E-state index is 0.862. The molecule has 0 atom stereocenters. The molecule has 0 radical (unpaired) electrons. The minimum absolute atomic E-state index is 0.862. The van der Waals surface area contributed by atoms with E-state index < -0.39 is 0 Å². The second-order valence-corrected chi connectivity index (χ2v) is 14.5. The summed E-state index contributed by atoms with van der Waals surface area (Å²) >= 11 is 0. The molecule has 0 aliphatic heterocycles. The maximum Gasteiger partial charge on any atom is 0.143 e. The summed E-state index contributed by atoms with van der Waals surface area (Å²) in [6, 6.07) is 76.5. The summed E-state index contributed by atoms with van der Waals surface area (Å²) in [4.78, 5) is 2.42. The first-order valence-corrected chi connectivity index (χ1v) is 19.2. The minimum Gasteiger partial charge on any atom is -0.455 e. The van der Waals surface area contributed by atoms with Crippen LogP contribution in [0.5, 0.6) is 0 Å². The van der Waals surface area contributed by atoms with Gasteiger partial charge in [0.25, 0.3) is 0 Å². The van der Waals surface area contributed by atoms with Crippen LogP contribution in [-0.4, -0.2) is 0 Å². The molecule has 10 aromatic carbocycles. The molecule has 1 aromatic heterocycles. The highest BCUT2D eigenvalue weighted by molar-refractivity contribution is 6.20. The molecule has 0 saturated carbocycles. The van der Waals surface area contributed by atoms with Crippen LogP contribution in [0, 0.1) is 0 Å². The third kappa shape index (κ3) is 5.34. The van der Waals surface area contributed by atoms with E-state index in [4.69, 9.17) is 4.42 Å². The molecule has 262 valence electrons. The van der Waals surface area contributed by atoms with E-state index >= 15 is 0 Å². The fourth-order valence-corrected chi connectivity index (χ4v) is 8.52. The third-order valence-corrected chi connectivity index (χ3v) is 11.2. The molecule has 11 rings (SSSR count). The van der Waals surface area contributed by atoms with E-state index in [2.05, 4.69) is 217 Å². The Morgan fingerprint density at radius 3 is 1.70 bits per heavy atom. The summed E-state index contributed by atoms with van der Waals surface area (Å²) in [7, 11) is 0. The number of rotatable bonds is 6. The predicted molar refractivity (Wildman–Crippen MR) is 237 cm³/mol. The van der Waals surface area contributed by atoms with E-state index in [1.165, 1.54) is 43.8 Å². The van der Waals surface area contributed by atoms with E-state index in [0.29, 0.717) is 0 Å². The lowest BCUT2D eigenvalue weighted by atomic mass is 9.95. The van der Waals surface area contributed by atoms with Crippen molar-refractivity contribution in [3.8, 4) is 33.4 Å². The van der Waals surface area contributed by atoms with Gasteiger partial charge in [0.15, 0.2) is 0 Å². The van der Waals surface area contributed by atoms with E-state index in [-0.39, 0.29) is 0 Å². The fourth-order valence-electron chi connectivity index (χ4n) is 8.52. The monoisotopic (exact) mass is 713 g/mol. The second-order valence-electron chi connectivity index (χ2n) is 14.5. The van der Waals surface area contributed by atoms with E-state index in [9.17, 15) is 0 Å². The Kier molecular flexibility index (Phi) is 7.53. The number of hydrogen-bond donors (Lipinski definition) is 0. The summed E-state index contributed by atoms with van der Waals surface area (Å²) < 4.78 is 6.73. The fraction of sp³-hybridized carbons (Fsp3) is 0. The summed E-state index contributed by atoms with van der Waals surface area (Å²) in [5.74, 6) is 0. The summed E-state index contributed by atoms with van der Waals surface area (Å²) in [6.07, 6.45) is 0. The van der Waals surface area contributed by atoms with Crippen molar-refractivity contribution in [2.45, 2.75) is 0 Å². The molecule has 2 nitrogen and oxygen atoms in total. The van der Waals surface area contributed by atoms with Crippen LogP contribution < -0.4 is 4.90 Å². The zero-order valence-electron chi connectivity index (χ0n) is 30.6. The van der Waals surface area contributed by atoms with E-state index in [1.54, 1.807) is 0 Å². The molecule has 0 aliphatic carbocycles. The molecule has 2 heteroatoms. The highest BCUT2D eigenvalue weighted by atomic mass is 16.3. The molecule has 0 amide bonds. The number of furan rings is 1. The van der Waals surface area contributed by atoms with Crippen molar-refractivity contribution >= 4 is 71.3 Å². The standard InChI is InChI=1S/C54H35NO/c1-3-12-36(13-4-1)42-28-33-50(49(35-42)38-14-5-2-6-15-38)55(51-20-11-21-52-53(51)48-32-26-40-17-8-10-19-47(40)54(48)56-52)44-29-24-37(25-30-44)41-27-31-46-43(34-41)23-22-39-16-7-9-18-45(39)46/h1-35H. The third-order valence-electron chi connectivity index (χ3n) is 11.2. The number of nitrogens with zero attached hydrogens (tertiary/aromatic N) is 1. The van der Waals surface area contributed by atoms with Crippen molar-refractivity contribution in [3.05, 3.63) is 212 Å². The Morgan fingerprint density at radius 1 is 0.321 bits per heavy atom. The molecule has 0 saturated heterocycles. The Balaban J connectivity index is 1.13. The Morgan fingerprint density at radius 2 is 0.893 bits per heavy atom. The quantitative estimate of drug-likeness (QED) is 0.160. The van der Waals surface area contributed by atoms with Crippen LogP contribution in [0.4, 0.5) is 17.1 Å². The first-order valence-electron chi connectivity index (χ1n) is 19.2. The van der Waals surface area contributed by atoms with Gasteiger partial charge in [-0.3, -0.25) is 0 Å². The number of benzene rings is 10. The van der Waals surface area contributed by atoms with Crippen LogP contribution in [0.2, 0.25) is 0 Å². The highest BCUT2D eigenvalue weighted by Crippen LogP contribution is 2.48. The lowest BCUT2D eigenvalue weighted by molar-refractivity contribution is 0.672. The lowest BCUT2D eigenvalue weighted by Crippen LogP contribution is -2.11. The van der Waals surface area contributed by atoms with Crippen molar-refractivity contribution in [1.82, 2.24) is 0 Å². The van der Waals surface area contributed by atoms with Crippen molar-refractivity contribution < 1.29 is 4.42 Å².